The Bertz CT molecular complexity index is 1920. The van der Waals surface area contributed by atoms with Crippen LogP contribution in [0.25, 0.3) is 0 Å². The fourth-order valence-electron chi connectivity index (χ4n) is 7.89. The van der Waals surface area contributed by atoms with Crippen LogP contribution in [0.2, 0.25) is 0 Å². The number of alkyl halides is 3. The second-order valence-electron chi connectivity index (χ2n) is 14.1. The lowest BCUT2D eigenvalue weighted by Gasteiger charge is -2.42. The van der Waals surface area contributed by atoms with E-state index in [0.717, 1.165) is 63.0 Å². The first-order chi connectivity index (χ1) is 26.2. The number of piperazine rings is 1. The van der Waals surface area contributed by atoms with E-state index < -0.39 is 25.2 Å². The summed E-state index contributed by atoms with van der Waals surface area (Å²) in [7, 11) is -0.291. The van der Waals surface area contributed by atoms with Crippen molar-refractivity contribution < 1.29 is 41.1 Å². The van der Waals surface area contributed by atoms with Crippen molar-refractivity contribution in [3.63, 3.8) is 0 Å². The van der Waals surface area contributed by atoms with Gasteiger partial charge in [-0.2, -0.15) is 18.2 Å². The van der Waals surface area contributed by atoms with E-state index in [9.17, 15) is 27.3 Å². The summed E-state index contributed by atoms with van der Waals surface area (Å²) in [6, 6.07) is 8.97. The topological polar surface area (TPSA) is 138 Å². The van der Waals surface area contributed by atoms with E-state index in [4.69, 9.17) is 13.8 Å². The zero-order chi connectivity index (χ0) is 39.5. The van der Waals surface area contributed by atoms with Crippen molar-refractivity contribution in [1.82, 2.24) is 24.7 Å². The number of hydrogen-bond donors (Lipinski definition) is 2. The lowest BCUT2D eigenvalue weighted by molar-refractivity contribution is -0.137. The van der Waals surface area contributed by atoms with Crippen molar-refractivity contribution >= 4 is 42.6 Å². The number of methoxy groups -OCH3 is 1. The number of nitrogens with zero attached hydrogens (tertiary/aromatic N) is 5. The van der Waals surface area contributed by atoms with Crippen LogP contribution < -0.4 is 15.4 Å². The van der Waals surface area contributed by atoms with Gasteiger partial charge in [-0.3, -0.25) is 19.1 Å². The van der Waals surface area contributed by atoms with E-state index in [1.807, 2.05) is 11.0 Å². The molecule has 1 saturated heterocycles. The fraction of sp³-hybridized carbons (Fsp3) is 0.526. The molecule has 2 N–H and O–H groups in total. The molecular formula is C38H49F3N7O6P. The number of benzene rings is 2. The summed E-state index contributed by atoms with van der Waals surface area (Å²) in [5, 5.41) is 5.79. The quantitative estimate of drug-likeness (QED) is 0.166. The van der Waals surface area contributed by atoms with Gasteiger partial charge in [0, 0.05) is 58.9 Å². The summed E-state index contributed by atoms with van der Waals surface area (Å²) >= 11 is 0. The molecule has 0 radical (unpaired) electrons. The normalized spacial score (nSPS) is 19.4. The highest BCUT2D eigenvalue weighted by molar-refractivity contribution is 7.53. The van der Waals surface area contributed by atoms with Crippen molar-refractivity contribution in [2.45, 2.75) is 77.3 Å². The molecule has 3 aromatic rings. The van der Waals surface area contributed by atoms with E-state index in [1.54, 1.807) is 57.0 Å². The van der Waals surface area contributed by atoms with Gasteiger partial charge < -0.3 is 34.2 Å². The Hall–Kier alpha value is -4.24. The Morgan fingerprint density at radius 1 is 0.982 bits per heavy atom. The van der Waals surface area contributed by atoms with Crippen LogP contribution in [-0.4, -0.2) is 96.1 Å². The summed E-state index contributed by atoms with van der Waals surface area (Å²) in [5.74, 6) is -0.313. The molecule has 1 aliphatic carbocycles. The van der Waals surface area contributed by atoms with E-state index in [-0.39, 0.29) is 48.7 Å². The fourth-order valence-corrected chi connectivity index (χ4v) is 9.58. The first-order valence-electron chi connectivity index (χ1n) is 18.7. The molecule has 1 aromatic heterocycles. The predicted octanol–water partition coefficient (Wildman–Crippen LogP) is 7.53. The van der Waals surface area contributed by atoms with Crippen LogP contribution in [0.5, 0.6) is 5.75 Å². The minimum Gasteiger partial charge on any atom is -0.495 e. The number of aromatic nitrogens is 2. The monoisotopic (exact) mass is 787 g/mol. The van der Waals surface area contributed by atoms with Crippen molar-refractivity contribution in [2.24, 2.45) is 0 Å². The molecule has 298 valence electrons. The number of anilines is 4. The number of carbonyl (C=O) groups is 2. The molecule has 0 bridgehead atoms. The van der Waals surface area contributed by atoms with Gasteiger partial charge >= 0.3 is 13.8 Å². The number of ether oxygens (including phenoxy) is 1. The Morgan fingerprint density at radius 3 is 2.27 bits per heavy atom. The minimum absolute atomic E-state index is 0.00476. The highest BCUT2D eigenvalue weighted by atomic mass is 31.2. The molecule has 55 heavy (non-hydrogen) atoms. The minimum atomic E-state index is -4.80. The van der Waals surface area contributed by atoms with Crippen LogP contribution in [0.4, 0.5) is 36.3 Å². The Morgan fingerprint density at radius 2 is 1.65 bits per heavy atom. The second-order valence-corrected chi connectivity index (χ2v) is 16.2. The SMILES string of the molecule is CCOP(=O)(Cc1ccc(Nc2ncc(C(F)(F)F)c(Nc3ccc([C@H]4CC[C@@H](N5CCN(C(C)=O)CC5)CC4)c4c3C(=O)N(C)C4)n2)c(OC)c1)OCC. The molecule has 0 spiro atoms. The summed E-state index contributed by atoms with van der Waals surface area (Å²) in [5.41, 5.74) is 2.31. The molecule has 3 heterocycles. The molecule has 13 nitrogen and oxygen atoms in total. The molecular weight excluding hydrogens is 738 g/mol. The largest absolute Gasteiger partial charge is 0.495 e. The van der Waals surface area contributed by atoms with Crippen molar-refractivity contribution in [3.8, 4) is 5.75 Å². The van der Waals surface area contributed by atoms with Gasteiger partial charge in [-0.15, -0.1) is 0 Å². The number of fused-ring (bicyclic) bond motifs is 1. The third-order valence-corrected chi connectivity index (χ3v) is 12.7. The molecule has 17 heteroatoms. The van der Waals surface area contributed by atoms with Gasteiger partial charge in [0.1, 0.15) is 17.1 Å². The Kier molecular flexibility index (Phi) is 12.4. The molecule has 2 aromatic carbocycles. The first-order valence-corrected chi connectivity index (χ1v) is 20.4. The van der Waals surface area contributed by atoms with Crippen molar-refractivity contribution in [3.05, 3.63) is 64.3 Å². The first kappa shape index (κ1) is 40.4. The second kappa shape index (κ2) is 16.9. The molecule has 2 aliphatic heterocycles. The van der Waals surface area contributed by atoms with E-state index >= 15 is 0 Å². The van der Waals surface area contributed by atoms with Gasteiger partial charge in [0.15, 0.2) is 0 Å². The summed E-state index contributed by atoms with van der Waals surface area (Å²) in [6.07, 6.45) is -0.271. The van der Waals surface area contributed by atoms with E-state index in [0.29, 0.717) is 41.3 Å². The van der Waals surface area contributed by atoms with Crippen molar-refractivity contribution in [2.75, 3.05) is 64.2 Å². The third kappa shape index (κ3) is 9.09. The zero-order valence-electron chi connectivity index (χ0n) is 31.9. The number of halogens is 3. The summed E-state index contributed by atoms with van der Waals surface area (Å²) in [4.78, 5) is 39.5. The van der Waals surface area contributed by atoms with Gasteiger partial charge in [0.25, 0.3) is 5.91 Å². The van der Waals surface area contributed by atoms with E-state index in [2.05, 4.69) is 25.5 Å². The van der Waals surface area contributed by atoms with Gasteiger partial charge in [0.2, 0.25) is 11.9 Å². The van der Waals surface area contributed by atoms with Gasteiger partial charge in [0.05, 0.1) is 43.4 Å². The maximum atomic E-state index is 14.4. The molecule has 0 unspecified atom stereocenters. The third-order valence-electron chi connectivity index (χ3n) is 10.6. The lowest BCUT2D eigenvalue weighted by Crippen LogP contribution is -2.52. The highest BCUT2D eigenvalue weighted by Gasteiger charge is 2.38. The Labute approximate surface area is 319 Å². The van der Waals surface area contributed by atoms with Crippen molar-refractivity contribution in [1.29, 1.82) is 0 Å². The van der Waals surface area contributed by atoms with Crippen LogP contribution in [0.1, 0.15) is 85.0 Å². The van der Waals surface area contributed by atoms with Gasteiger partial charge in [-0.05, 0) is 80.3 Å². The van der Waals surface area contributed by atoms with Crippen LogP contribution in [0.3, 0.4) is 0 Å². The molecule has 2 amide bonds. The number of carbonyl (C=O) groups excluding carboxylic acids is 2. The maximum absolute atomic E-state index is 14.4. The zero-order valence-corrected chi connectivity index (χ0v) is 32.8. The molecule has 2 fully saturated rings. The number of nitrogens with one attached hydrogen (secondary N) is 2. The molecule has 0 atom stereocenters. The summed E-state index contributed by atoms with van der Waals surface area (Å²) < 4.78 is 72.5. The van der Waals surface area contributed by atoms with Crippen LogP contribution in [0, 0.1) is 0 Å². The number of amides is 2. The predicted molar refractivity (Wildman–Crippen MR) is 202 cm³/mol. The number of hydrogen-bond acceptors (Lipinski definition) is 11. The van der Waals surface area contributed by atoms with E-state index in [1.165, 1.54) is 7.11 Å². The van der Waals surface area contributed by atoms with Crippen LogP contribution in [0.15, 0.2) is 36.5 Å². The average molecular weight is 788 g/mol. The lowest BCUT2D eigenvalue weighted by atomic mass is 9.78. The van der Waals surface area contributed by atoms with Gasteiger partial charge in [-0.1, -0.05) is 12.1 Å². The standard InChI is InChI=1S/C38H49F3N7O6P/c1-6-53-55(51,54-7-2)23-25-8-14-31(33(20-25)52-5)44-37-42-21-30(38(39,40)41)35(45-37)43-32-15-13-28(29-22-46(4)36(50)34(29)32)26-9-11-27(12-10-26)48-18-16-47(17-19-48)24(3)49/h8,13-15,20-21,26-27H,6-7,9-12,16-19,22-23H2,1-5H3,(H2,42,43,44,45)/t26-,27+. The average Bonchev–Trinajstić information content (AvgIpc) is 3.45. The van der Waals surface area contributed by atoms with Gasteiger partial charge in [-0.25, -0.2) is 4.98 Å². The summed E-state index contributed by atoms with van der Waals surface area (Å²) in [6.45, 7) is 9.02. The van der Waals surface area contributed by atoms with Crippen LogP contribution in [-0.2, 0) is 37.3 Å². The van der Waals surface area contributed by atoms with Crippen LogP contribution >= 0.6 is 7.60 Å². The maximum Gasteiger partial charge on any atom is 0.421 e. The highest BCUT2D eigenvalue weighted by Crippen LogP contribution is 2.52. The molecule has 1 saturated carbocycles. The Balaban J connectivity index is 1.23. The molecule has 6 rings (SSSR count). The molecule has 3 aliphatic rings. The smallest absolute Gasteiger partial charge is 0.421 e. The number of rotatable bonds is 13.